The van der Waals surface area contributed by atoms with Crippen molar-refractivity contribution < 1.29 is 19.1 Å². The normalized spacial score (nSPS) is 15.3. The van der Waals surface area contributed by atoms with E-state index in [1.807, 2.05) is 94.4 Å². The number of nitrogens with one attached hydrogen (secondary N) is 1. The quantitative estimate of drug-likeness (QED) is 0.327. The summed E-state index contributed by atoms with van der Waals surface area (Å²) in [5.41, 5.74) is 4.50. The van der Waals surface area contributed by atoms with E-state index in [0.29, 0.717) is 40.4 Å². The molecule has 0 aromatic heterocycles. The molecule has 2 amide bonds. The minimum Gasteiger partial charge on any atom is -0.490 e. The molecule has 8 heteroatoms. The molecule has 0 bridgehead atoms. The zero-order valence-corrected chi connectivity index (χ0v) is 22.8. The molecular formula is C30H31N3O4S. The maximum atomic E-state index is 13.2. The summed E-state index contributed by atoms with van der Waals surface area (Å²) in [7, 11) is 0. The number of carbonyl (C=O) groups excluding carboxylic acids is 2. The number of benzene rings is 3. The Labute approximate surface area is 227 Å². The summed E-state index contributed by atoms with van der Waals surface area (Å²) in [6.07, 6.45) is 1.83. The van der Waals surface area contributed by atoms with Gasteiger partial charge in [0.05, 0.1) is 17.2 Å². The molecule has 1 aliphatic heterocycles. The molecule has 7 nitrogen and oxygen atoms in total. The predicted octanol–water partition coefficient (Wildman–Crippen LogP) is 6.34. The summed E-state index contributed by atoms with van der Waals surface area (Å²) in [5.74, 6) is 0.600. The van der Waals surface area contributed by atoms with Gasteiger partial charge in [0.2, 0.25) is 0 Å². The fraction of sp³-hybridized carbons (Fsp3) is 0.233. The predicted molar refractivity (Wildman–Crippen MR) is 154 cm³/mol. The third-order valence-electron chi connectivity index (χ3n) is 5.83. The van der Waals surface area contributed by atoms with Crippen LogP contribution in [0, 0.1) is 13.8 Å². The van der Waals surface area contributed by atoms with Crippen molar-refractivity contribution in [2.75, 3.05) is 25.1 Å². The van der Waals surface area contributed by atoms with Gasteiger partial charge in [-0.15, -0.1) is 0 Å². The Hall–Kier alpha value is -4.04. The summed E-state index contributed by atoms with van der Waals surface area (Å²) in [6, 6.07) is 20.6. The van der Waals surface area contributed by atoms with Crippen LogP contribution in [0.25, 0.3) is 6.08 Å². The minimum atomic E-state index is -0.270. The molecule has 1 aliphatic rings. The van der Waals surface area contributed by atoms with Gasteiger partial charge in [-0.05, 0) is 86.5 Å². The summed E-state index contributed by atoms with van der Waals surface area (Å²) in [5, 5.41) is 3.46. The number of hydrogen-bond donors (Lipinski definition) is 1. The molecule has 1 fully saturated rings. The number of likely N-dealkylation sites (N-methyl/N-ethyl adjacent to an activating group) is 1. The highest BCUT2D eigenvalue weighted by molar-refractivity contribution is 8.18. The van der Waals surface area contributed by atoms with Crippen molar-refractivity contribution >= 4 is 46.2 Å². The van der Waals surface area contributed by atoms with E-state index in [4.69, 9.17) is 14.5 Å². The van der Waals surface area contributed by atoms with Crippen LogP contribution >= 0.6 is 11.8 Å². The smallest absolute Gasteiger partial charge is 0.266 e. The van der Waals surface area contributed by atoms with Crippen molar-refractivity contribution in [3.8, 4) is 11.5 Å². The second-order valence-corrected chi connectivity index (χ2v) is 9.65. The van der Waals surface area contributed by atoms with Crippen molar-refractivity contribution in [2.24, 2.45) is 4.99 Å². The molecular weight excluding hydrogens is 498 g/mol. The molecule has 1 N–H and O–H groups in total. The van der Waals surface area contributed by atoms with Gasteiger partial charge in [-0.3, -0.25) is 14.5 Å². The number of para-hydroxylation sites is 2. The van der Waals surface area contributed by atoms with Crippen LogP contribution in [0.2, 0.25) is 0 Å². The van der Waals surface area contributed by atoms with E-state index in [-0.39, 0.29) is 18.4 Å². The Kier molecular flexibility index (Phi) is 8.86. The fourth-order valence-electron chi connectivity index (χ4n) is 3.96. The van der Waals surface area contributed by atoms with E-state index in [2.05, 4.69) is 5.32 Å². The van der Waals surface area contributed by atoms with Gasteiger partial charge in [0.25, 0.3) is 11.8 Å². The third kappa shape index (κ3) is 6.44. The van der Waals surface area contributed by atoms with Crippen molar-refractivity contribution in [2.45, 2.75) is 27.7 Å². The highest BCUT2D eigenvalue weighted by Crippen LogP contribution is 2.37. The van der Waals surface area contributed by atoms with Crippen molar-refractivity contribution in [3.63, 3.8) is 0 Å². The van der Waals surface area contributed by atoms with Crippen LogP contribution < -0.4 is 14.8 Å². The maximum Gasteiger partial charge on any atom is 0.266 e. The number of nitrogens with zero attached hydrogens (tertiary/aromatic N) is 2. The van der Waals surface area contributed by atoms with Crippen molar-refractivity contribution in [1.82, 2.24) is 4.90 Å². The average molecular weight is 530 g/mol. The highest BCUT2D eigenvalue weighted by atomic mass is 32.2. The van der Waals surface area contributed by atoms with Crippen LogP contribution in [-0.2, 0) is 9.59 Å². The van der Waals surface area contributed by atoms with E-state index in [0.717, 1.165) is 22.4 Å². The van der Waals surface area contributed by atoms with E-state index in [1.165, 1.54) is 11.8 Å². The number of aliphatic imine (C=N–C) groups is 1. The molecule has 3 aromatic rings. The first-order chi connectivity index (χ1) is 18.4. The first-order valence-electron chi connectivity index (χ1n) is 12.5. The Morgan fingerprint density at radius 1 is 0.974 bits per heavy atom. The number of thioether (sulfide) groups is 1. The lowest BCUT2D eigenvalue weighted by Gasteiger charge is -2.13. The van der Waals surface area contributed by atoms with Crippen LogP contribution in [-0.4, -0.2) is 41.6 Å². The SMILES string of the molecule is CCOc1cc(/C=C2/SC(=Nc3c(C)cccc3C)N(CC)C2=O)ccc1OCC(=O)Nc1ccccc1. The lowest BCUT2D eigenvalue weighted by molar-refractivity contribution is -0.122. The summed E-state index contributed by atoms with van der Waals surface area (Å²) >= 11 is 1.36. The van der Waals surface area contributed by atoms with Gasteiger partial charge in [-0.1, -0.05) is 42.5 Å². The highest BCUT2D eigenvalue weighted by Gasteiger charge is 2.32. The van der Waals surface area contributed by atoms with Crippen LogP contribution in [0.5, 0.6) is 11.5 Å². The largest absolute Gasteiger partial charge is 0.490 e. The van der Waals surface area contributed by atoms with Crippen LogP contribution in [0.15, 0.2) is 76.6 Å². The van der Waals surface area contributed by atoms with E-state index >= 15 is 0 Å². The molecule has 0 spiro atoms. The molecule has 0 unspecified atom stereocenters. The number of amidine groups is 1. The Morgan fingerprint density at radius 2 is 1.71 bits per heavy atom. The molecule has 1 saturated heterocycles. The van der Waals surface area contributed by atoms with Gasteiger partial charge in [0, 0.05) is 12.2 Å². The van der Waals surface area contributed by atoms with Gasteiger partial charge in [-0.2, -0.15) is 0 Å². The molecule has 3 aromatic carbocycles. The fourth-order valence-corrected chi connectivity index (χ4v) is 5.01. The topological polar surface area (TPSA) is 80.2 Å². The van der Waals surface area contributed by atoms with Gasteiger partial charge >= 0.3 is 0 Å². The molecule has 4 rings (SSSR count). The summed E-state index contributed by atoms with van der Waals surface area (Å²) in [6.45, 7) is 8.65. The Bertz CT molecular complexity index is 1370. The van der Waals surface area contributed by atoms with Gasteiger partial charge in [0.1, 0.15) is 0 Å². The van der Waals surface area contributed by atoms with E-state index < -0.39 is 0 Å². The van der Waals surface area contributed by atoms with Gasteiger partial charge in [-0.25, -0.2) is 4.99 Å². The lowest BCUT2D eigenvalue weighted by atomic mass is 10.1. The average Bonchev–Trinajstić information content (AvgIpc) is 3.20. The maximum absolute atomic E-state index is 13.2. The van der Waals surface area contributed by atoms with E-state index in [1.54, 1.807) is 11.0 Å². The molecule has 0 atom stereocenters. The first-order valence-corrected chi connectivity index (χ1v) is 13.3. The molecule has 1 heterocycles. The number of ether oxygens (including phenoxy) is 2. The molecule has 0 radical (unpaired) electrons. The van der Waals surface area contributed by atoms with E-state index in [9.17, 15) is 9.59 Å². The second-order valence-electron chi connectivity index (χ2n) is 8.64. The van der Waals surface area contributed by atoms with Gasteiger partial charge < -0.3 is 14.8 Å². The third-order valence-corrected chi connectivity index (χ3v) is 6.84. The standard InChI is InChI=1S/C30H31N3O4S/c1-5-33-29(35)26(38-30(33)32-28-20(3)11-10-12-21(28)4)18-22-15-16-24(25(17-22)36-6-2)37-19-27(34)31-23-13-8-7-9-14-23/h7-18H,5-6,19H2,1-4H3,(H,31,34)/b26-18+,32-30?. The van der Waals surface area contributed by atoms with Crippen LogP contribution in [0.4, 0.5) is 11.4 Å². The van der Waals surface area contributed by atoms with Crippen molar-refractivity contribution in [1.29, 1.82) is 0 Å². The first kappa shape index (κ1) is 27.0. The van der Waals surface area contributed by atoms with Crippen molar-refractivity contribution in [3.05, 3.63) is 88.3 Å². The minimum absolute atomic E-state index is 0.0849. The summed E-state index contributed by atoms with van der Waals surface area (Å²) in [4.78, 5) is 32.6. The molecule has 0 saturated carbocycles. The monoisotopic (exact) mass is 529 g/mol. The number of carbonyl (C=O) groups is 2. The number of aryl methyl sites for hydroxylation is 2. The van der Waals surface area contributed by atoms with Crippen LogP contribution in [0.3, 0.4) is 0 Å². The zero-order valence-electron chi connectivity index (χ0n) is 22.0. The second kappa shape index (κ2) is 12.5. The number of rotatable bonds is 9. The lowest BCUT2D eigenvalue weighted by Crippen LogP contribution is -2.28. The van der Waals surface area contributed by atoms with Crippen LogP contribution in [0.1, 0.15) is 30.5 Å². The zero-order chi connectivity index (χ0) is 27.1. The number of hydrogen-bond acceptors (Lipinski definition) is 6. The number of amides is 2. The molecule has 38 heavy (non-hydrogen) atoms. The molecule has 196 valence electrons. The Morgan fingerprint density at radius 3 is 2.39 bits per heavy atom. The molecule has 0 aliphatic carbocycles. The number of anilines is 1. The summed E-state index contributed by atoms with van der Waals surface area (Å²) < 4.78 is 11.5. The van der Waals surface area contributed by atoms with Gasteiger partial charge in [0.15, 0.2) is 23.3 Å². The Balaban J connectivity index is 1.53.